The monoisotopic (exact) mass is 145 g/mol. The molecule has 0 rings (SSSR count). The predicted octanol–water partition coefficient (Wildman–Crippen LogP) is -2.04. The highest BCUT2D eigenvalue weighted by Crippen LogP contribution is 1.76. The molecule has 0 aromatic heterocycles. The highest BCUT2D eigenvalue weighted by Gasteiger charge is 2.13. The van der Waals surface area contributed by atoms with Crippen molar-refractivity contribution in [3.63, 3.8) is 0 Å². The molecular formula is C4H7N3O3. The zero-order chi connectivity index (χ0) is 8.15. The molecular weight excluding hydrogens is 138 g/mol. The van der Waals surface area contributed by atoms with Crippen LogP contribution in [-0.2, 0) is 14.4 Å². The number of oxime groups is 1. The van der Waals surface area contributed by atoms with Crippen LogP contribution in [0.2, 0.25) is 0 Å². The van der Waals surface area contributed by atoms with Gasteiger partial charge in [-0.1, -0.05) is 5.16 Å². The lowest BCUT2D eigenvalue weighted by atomic mass is 10.3. The summed E-state index contributed by atoms with van der Waals surface area (Å²) in [5, 5.41) is 2.99. The van der Waals surface area contributed by atoms with Gasteiger partial charge >= 0.3 is 0 Å². The van der Waals surface area contributed by atoms with E-state index in [2.05, 4.69) is 21.5 Å². The maximum Gasteiger partial charge on any atom is 0.276 e. The summed E-state index contributed by atoms with van der Waals surface area (Å²) in [6, 6.07) is 0. The van der Waals surface area contributed by atoms with E-state index in [0.29, 0.717) is 0 Å². The number of hydrogen-bond donors (Lipinski definition) is 2. The summed E-state index contributed by atoms with van der Waals surface area (Å²) in [4.78, 5) is 24.6. The lowest BCUT2D eigenvalue weighted by molar-refractivity contribution is -0.116. The minimum Gasteiger partial charge on any atom is -0.398 e. The van der Waals surface area contributed by atoms with E-state index < -0.39 is 17.5 Å². The third-order valence-electron chi connectivity index (χ3n) is 0.649. The van der Waals surface area contributed by atoms with Crippen LogP contribution < -0.4 is 11.5 Å². The molecule has 0 saturated heterocycles. The first-order valence-electron chi connectivity index (χ1n) is 2.30. The lowest BCUT2D eigenvalue weighted by Crippen LogP contribution is -2.35. The molecule has 0 aliphatic rings. The van der Waals surface area contributed by atoms with Crippen molar-refractivity contribution in [2.45, 2.75) is 0 Å². The van der Waals surface area contributed by atoms with Crippen LogP contribution in [0.4, 0.5) is 0 Å². The Bertz CT molecular complexity index is 170. The van der Waals surface area contributed by atoms with Gasteiger partial charge in [0.25, 0.3) is 11.8 Å². The summed E-state index contributed by atoms with van der Waals surface area (Å²) in [5.41, 5.74) is 8.75. The second kappa shape index (κ2) is 3.44. The molecule has 0 aromatic carbocycles. The van der Waals surface area contributed by atoms with Crippen molar-refractivity contribution in [1.82, 2.24) is 0 Å². The molecule has 6 heteroatoms. The van der Waals surface area contributed by atoms with E-state index in [9.17, 15) is 9.59 Å². The highest BCUT2D eigenvalue weighted by molar-refractivity contribution is 6.64. The topological polar surface area (TPSA) is 108 Å². The Balaban J connectivity index is 4.42. The van der Waals surface area contributed by atoms with Crippen molar-refractivity contribution in [2.24, 2.45) is 16.6 Å². The van der Waals surface area contributed by atoms with Crippen LogP contribution in [0, 0.1) is 0 Å². The van der Waals surface area contributed by atoms with Gasteiger partial charge in [0.05, 0.1) is 0 Å². The smallest absolute Gasteiger partial charge is 0.276 e. The fourth-order valence-electron chi connectivity index (χ4n) is 0.303. The van der Waals surface area contributed by atoms with Crippen LogP contribution in [0.5, 0.6) is 0 Å². The number of primary amides is 2. The normalized spacial score (nSPS) is 8.10. The molecule has 0 heterocycles. The summed E-state index contributed by atoms with van der Waals surface area (Å²) < 4.78 is 0. The second-order valence-electron chi connectivity index (χ2n) is 1.35. The number of nitrogens with zero attached hydrogens (tertiary/aromatic N) is 1. The van der Waals surface area contributed by atoms with Gasteiger partial charge < -0.3 is 16.3 Å². The fourth-order valence-corrected chi connectivity index (χ4v) is 0.303. The third-order valence-corrected chi connectivity index (χ3v) is 0.649. The second-order valence-corrected chi connectivity index (χ2v) is 1.35. The van der Waals surface area contributed by atoms with Gasteiger partial charge in [0, 0.05) is 0 Å². The summed E-state index contributed by atoms with van der Waals surface area (Å²) in [6.45, 7) is 0. The Morgan fingerprint density at radius 3 is 1.80 bits per heavy atom. The van der Waals surface area contributed by atoms with Crippen LogP contribution in [0.3, 0.4) is 0 Å². The number of carbonyl (C=O) groups is 2. The predicted molar refractivity (Wildman–Crippen MR) is 32.8 cm³/mol. The van der Waals surface area contributed by atoms with Gasteiger partial charge in [0.1, 0.15) is 7.11 Å². The quantitative estimate of drug-likeness (QED) is 0.271. The highest BCUT2D eigenvalue weighted by atomic mass is 16.6. The van der Waals surface area contributed by atoms with Gasteiger partial charge in [-0.25, -0.2) is 0 Å². The fraction of sp³-hybridized carbons (Fsp3) is 0.250. The summed E-state index contributed by atoms with van der Waals surface area (Å²) in [7, 11) is 1.17. The van der Waals surface area contributed by atoms with Gasteiger partial charge in [0.15, 0.2) is 0 Å². The zero-order valence-corrected chi connectivity index (χ0v) is 5.33. The average molecular weight is 145 g/mol. The van der Waals surface area contributed by atoms with E-state index in [1.165, 1.54) is 7.11 Å². The van der Waals surface area contributed by atoms with Crippen molar-refractivity contribution in [3.05, 3.63) is 0 Å². The molecule has 0 aliphatic heterocycles. The number of nitrogens with two attached hydrogens (primary N) is 2. The van der Waals surface area contributed by atoms with Crippen LogP contribution >= 0.6 is 0 Å². The first-order chi connectivity index (χ1) is 4.59. The van der Waals surface area contributed by atoms with Gasteiger partial charge in [0.2, 0.25) is 5.71 Å². The molecule has 10 heavy (non-hydrogen) atoms. The molecule has 0 saturated carbocycles. The van der Waals surface area contributed by atoms with Crippen LogP contribution in [0.1, 0.15) is 0 Å². The maximum atomic E-state index is 10.2. The molecule has 0 unspecified atom stereocenters. The van der Waals surface area contributed by atoms with E-state index in [1.807, 2.05) is 0 Å². The Morgan fingerprint density at radius 2 is 1.70 bits per heavy atom. The molecule has 4 N–H and O–H groups in total. The maximum absolute atomic E-state index is 10.2. The van der Waals surface area contributed by atoms with E-state index >= 15 is 0 Å². The standard InChI is InChI=1S/C4H7N3O3/c1-10-7-2(3(5)8)4(6)9/h1H3,(H2,5,8)(H2,6,9). The summed E-state index contributed by atoms with van der Waals surface area (Å²) in [6.07, 6.45) is 0. The lowest BCUT2D eigenvalue weighted by Gasteiger charge is -1.92. The minimum absolute atomic E-state index is 0.595. The molecule has 0 fully saturated rings. The van der Waals surface area contributed by atoms with Crippen molar-refractivity contribution in [1.29, 1.82) is 0 Å². The molecule has 0 aliphatic carbocycles. The van der Waals surface area contributed by atoms with Crippen LogP contribution in [-0.4, -0.2) is 24.6 Å². The van der Waals surface area contributed by atoms with Crippen LogP contribution in [0.25, 0.3) is 0 Å². The van der Waals surface area contributed by atoms with E-state index in [-0.39, 0.29) is 0 Å². The molecule has 0 radical (unpaired) electrons. The zero-order valence-electron chi connectivity index (χ0n) is 5.33. The molecule has 56 valence electrons. The largest absolute Gasteiger partial charge is 0.398 e. The number of rotatable bonds is 3. The first-order valence-corrected chi connectivity index (χ1v) is 2.30. The molecule has 6 nitrogen and oxygen atoms in total. The number of carbonyl (C=O) groups excluding carboxylic acids is 2. The Morgan fingerprint density at radius 1 is 1.30 bits per heavy atom. The molecule has 0 spiro atoms. The van der Waals surface area contributed by atoms with E-state index in [0.717, 1.165) is 0 Å². The van der Waals surface area contributed by atoms with Gasteiger partial charge in [-0.05, 0) is 0 Å². The average Bonchev–Trinajstić information content (AvgIpc) is 1.81. The SMILES string of the molecule is CON=C(C(N)=O)C(N)=O. The Hall–Kier alpha value is -1.59. The molecule has 0 aromatic rings. The Labute approximate surface area is 56.8 Å². The summed E-state index contributed by atoms with van der Waals surface area (Å²) >= 11 is 0. The van der Waals surface area contributed by atoms with Crippen molar-refractivity contribution < 1.29 is 14.4 Å². The van der Waals surface area contributed by atoms with Gasteiger partial charge in [-0.2, -0.15) is 0 Å². The molecule has 0 bridgehead atoms. The van der Waals surface area contributed by atoms with Crippen molar-refractivity contribution in [2.75, 3.05) is 7.11 Å². The van der Waals surface area contributed by atoms with Crippen molar-refractivity contribution >= 4 is 17.5 Å². The summed E-state index contributed by atoms with van der Waals surface area (Å²) in [5.74, 6) is -2.01. The third kappa shape index (κ3) is 2.12. The molecule has 0 atom stereocenters. The van der Waals surface area contributed by atoms with Crippen LogP contribution in [0.15, 0.2) is 5.16 Å². The van der Waals surface area contributed by atoms with Gasteiger partial charge in [-0.15, -0.1) is 0 Å². The van der Waals surface area contributed by atoms with E-state index in [4.69, 9.17) is 0 Å². The molecule has 2 amide bonds. The van der Waals surface area contributed by atoms with Crippen molar-refractivity contribution in [3.8, 4) is 0 Å². The Kier molecular flexibility index (Phi) is 2.89. The number of hydrogen-bond acceptors (Lipinski definition) is 4. The first kappa shape index (κ1) is 8.41. The number of amides is 2. The minimum atomic E-state index is -1.01. The van der Waals surface area contributed by atoms with Gasteiger partial charge in [-0.3, -0.25) is 9.59 Å². The van der Waals surface area contributed by atoms with E-state index in [1.54, 1.807) is 0 Å².